The van der Waals surface area contributed by atoms with E-state index in [1.54, 1.807) is 0 Å². The van der Waals surface area contributed by atoms with Gasteiger partial charge in [-0.05, 0) is 140 Å². The van der Waals surface area contributed by atoms with Gasteiger partial charge in [-0.15, -0.1) is 22.7 Å². The highest BCUT2D eigenvalue weighted by atomic mass is 32.1. The van der Waals surface area contributed by atoms with Crippen LogP contribution in [0.4, 0.5) is 34.1 Å². The first-order valence-corrected chi connectivity index (χ1v) is 26.9. The molecule has 0 amide bonds. The number of hydrogen-bond donors (Lipinski definition) is 0. The zero-order chi connectivity index (χ0) is 49.5. The van der Waals surface area contributed by atoms with Crippen molar-refractivity contribution in [1.82, 2.24) is 4.40 Å². The molecule has 5 heteroatoms. The van der Waals surface area contributed by atoms with Crippen LogP contribution in [0.25, 0.3) is 67.7 Å². The van der Waals surface area contributed by atoms with Crippen molar-refractivity contribution in [2.75, 3.05) is 9.80 Å². The van der Waals surface area contributed by atoms with Gasteiger partial charge in [0.25, 0.3) is 0 Å². The summed E-state index contributed by atoms with van der Waals surface area (Å²) in [4.78, 5) is 7.48. The number of para-hydroxylation sites is 1. The summed E-state index contributed by atoms with van der Waals surface area (Å²) < 4.78 is 5.21. The van der Waals surface area contributed by atoms with Crippen molar-refractivity contribution >= 4 is 124 Å². The highest BCUT2D eigenvalue weighted by molar-refractivity contribution is 7.27. The lowest BCUT2D eigenvalue weighted by atomic mass is 9.86. The summed E-state index contributed by atoms with van der Waals surface area (Å²) in [7, 11) is 0. The molecule has 0 aliphatic heterocycles. The first-order chi connectivity index (χ1) is 33.7. The lowest BCUT2D eigenvalue weighted by Crippen LogP contribution is -2.14. The average Bonchev–Trinajstić information content (AvgIpc) is 4.06. The Balaban J connectivity index is 0.992. The van der Waals surface area contributed by atoms with Gasteiger partial charge in [-0.3, -0.25) is 4.40 Å². The zero-order valence-corrected chi connectivity index (χ0v) is 44.9. The number of benzene rings is 8. The molecule has 0 radical (unpaired) electrons. The Morgan fingerprint density at radius 1 is 0.324 bits per heavy atom. The number of aromatic nitrogens is 1. The smallest absolute Gasteiger partial charge is 0.110 e. The molecule has 4 aromatic heterocycles. The maximum atomic E-state index is 2.60. The lowest BCUT2D eigenvalue weighted by Gasteiger charge is -2.28. The van der Waals surface area contributed by atoms with Gasteiger partial charge in [0, 0.05) is 75.8 Å². The van der Waals surface area contributed by atoms with Gasteiger partial charge >= 0.3 is 0 Å². The Morgan fingerprint density at radius 2 is 0.690 bits per heavy atom. The molecule has 12 rings (SSSR count). The van der Waals surface area contributed by atoms with E-state index in [9.17, 15) is 0 Å². The van der Waals surface area contributed by atoms with Crippen LogP contribution in [0, 0.1) is 0 Å². The summed E-state index contributed by atoms with van der Waals surface area (Å²) in [5.74, 6) is 0. The van der Waals surface area contributed by atoms with Crippen molar-refractivity contribution < 1.29 is 0 Å². The van der Waals surface area contributed by atoms with Gasteiger partial charge in [0.2, 0.25) is 0 Å². The summed E-state index contributed by atoms with van der Waals surface area (Å²) in [5.41, 5.74) is 13.9. The van der Waals surface area contributed by atoms with E-state index in [0.717, 1.165) is 34.1 Å². The fourth-order valence-electron chi connectivity index (χ4n) is 10.8. The summed E-state index contributed by atoms with van der Waals surface area (Å²) in [6.45, 7) is 27.4. The molecule has 0 aliphatic rings. The van der Waals surface area contributed by atoms with Gasteiger partial charge < -0.3 is 9.80 Å². The lowest BCUT2D eigenvalue weighted by molar-refractivity contribution is 0.590. The number of anilines is 6. The molecule has 0 N–H and O–H groups in total. The molecule has 0 bridgehead atoms. The Hall–Kier alpha value is -6.66. The maximum Gasteiger partial charge on any atom is 0.110 e. The second-order valence-corrected chi connectivity index (χ2v) is 26.1. The van der Waals surface area contributed by atoms with Crippen LogP contribution in [-0.2, 0) is 21.7 Å². The first kappa shape index (κ1) is 45.5. The molecular formula is C66H63N3S2. The van der Waals surface area contributed by atoms with E-state index < -0.39 is 0 Å². The molecule has 8 aromatic carbocycles. The van der Waals surface area contributed by atoms with Crippen molar-refractivity contribution in [3.63, 3.8) is 0 Å². The van der Waals surface area contributed by atoms with E-state index in [0.29, 0.717) is 0 Å². The molecule has 0 saturated carbocycles. The second-order valence-electron chi connectivity index (χ2n) is 24.0. The monoisotopic (exact) mass is 961 g/mol. The molecule has 354 valence electrons. The molecule has 12 aromatic rings. The van der Waals surface area contributed by atoms with Crippen LogP contribution in [-0.4, -0.2) is 4.40 Å². The third-order valence-corrected chi connectivity index (χ3v) is 17.2. The van der Waals surface area contributed by atoms with E-state index >= 15 is 0 Å². The minimum atomic E-state index is 0.0760. The fourth-order valence-corrected chi connectivity index (χ4v) is 13.4. The maximum absolute atomic E-state index is 2.60. The van der Waals surface area contributed by atoms with E-state index in [-0.39, 0.29) is 21.7 Å². The van der Waals surface area contributed by atoms with Gasteiger partial charge in [-0.1, -0.05) is 162 Å². The van der Waals surface area contributed by atoms with E-state index in [4.69, 9.17) is 0 Å². The standard InChI is InChI=1S/C66H63N3S2/c1-63(2,3)42-17-26-46(27-18-42)67(47-28-19-43(20-29-47)64(4,5)6)50-25-16-40-37-55-56(38-41(40)36-50)70-62-59(55)54-15-13-14-53-58-52-35-34-51(39-57(52)71-61(58)69(62)60(53)54)68(48-30-21-44(22-31-48)65(7,8)9)49-32-23-45(24-33-49)66(10,11)12/h13-39H,1-12H3. The summed E-state index contributed by atoms with van der Waals surface area (Å²) in [6, 6.07) is 62.6. The van der Waals surface area contributed by atoms with Gasteiger partial charge in [0.15, 0.2) is 0 Å². The molecule has 0 spiro atoms. The predicted molar refractivity (Wildman–Crippen MR) is 314 cm³/mol. The minimum Gasteiger partial charge on any atom is -0.310 e. The third kappa shape index (κ3) is 7.58. The second kappa shape index (κ2) is 15.9. The number of rotatable bonds is 6. The van der Waals surface area contributed by atoms with Crippen LogP contribution >= 0.6 is 22.7 Å². The predicted octanol–water partition coefficient (Wildman–Crippen LogP) is 20.5. The van der Waals surface area contributed by atoms with Crippen molar-refractivity contribution in [3.8, 4) is 0 Å². The van der Waals surface area contributed by atoms with Gasteiger partial charge in [-0.2, -0.15) is 0 Å². The minimum absolute atomic E-state index is 0.0760. The quantitative estimate of drug-likeness (QED) is 0.164. The average molecular weight is 962 g/mol. The van der Waals surface area contributed by atoms with Crippen LogP contribution in [0.5, 0.6) is 0 Å². The van der Waals surface area contributed by atoms with E-state index in [1.807, 2.05) is 22.7 Å². The normalized spacial score (nSPS) is 13.1. The van der Waals surface area contributed by atoms with Crippen LogP contribution in [0.1, 0.15) is 105 Å². The van der Waals surface area contributed by atoms with Gasteiger partial charge in [0.05, 0.1) is 5.52 Å². The topological polar surface area (TPSA) is 10.9 Å². The summed E-state index contributed by atoms with van der Waals surface area (Å²) in [5, 5.41) is 10.5. The number of thiophene rings is 2. The Morgan fingerprint density at radius 3 is 1.11 bits per heavy atom. The molecule has 3 nitrogen and oxygen atoms in total. The Labute approximate surface area is 426 Å². The van der Waals surface area contributed by atoms with Crippen LogP contribution in [0.15, 0.2) is 164 Å². The largest absolute Gasteiger partial charge is 0.310 e. The zero-order valence-electron chi connectivity index (χ0n) is 43.2. The Bertz CT molecular complexity index is 3870. The molecule has 0 aliphatic carbocycles. The summed E-state index contributed by atoms with van der Waals surface area (Å²) >= 11 is 3.86. The van der Waals surface area contributed by atoms with Crippen molar-refractivity contribution in [2.45, 2.75) is 105 Å². The molecule has 0 saturated heterocycles. The fraction of sp³-hybridized carbons (Fsp3) is 0.242. The Kier molecular flexibility index (Phi) is 10.2. The summed E-state index contributed by atoms with van der Waals surface area (Å²) in [6.07, 6.45) is 0. The van der Waals surface area contributed by atoms with Crippen molar-refractivity contribution in [3.05, 3.63) is 186 Å². The van der Waals surface area contributed by atoms with E-state index in [1.165, 1.54) is 89.9 Å². The number of fused-ring (bicyclic) bond motifs is 11. The van der Waals surface area contributed by atoms with E-state index in [2.05, 4.69) is 261 Å². The SMILES string of the molecule is CC(C)(C)c1ccc(N(c2ccc(C(C)(C)C)cc2)c2ccc3cc4c(cc3c2)sc2c4c3cccc4c5c6ccc(N(c7ccc(C(C)(C)C)cc7)c7ccc(C(C)(C)C)cc7)cc6sc5n2c43)cc1. The number of hydrogen-bond acceptors (Lipinski definition) is 4. The molecule has 4 heterocycles. The number of nitrogens with zero attached hydrogens (tertiary/aromatic N) is 3. The third-order valence-electron chi connectivity index (χ3n) is 15.0. The molecule has 0 atom stereocenters. The molecule has 71 heavy (non-hydrogen) atoms. The van der Waals surface area contributed by atoms with Gasteiger partial charge in [-0.25, -0.2) is 0 Å². The van der Waals surface area contributed by atoms with Crippen LogP contribution in [0.2, 0.25) is 0 Å². The molecule has 0 fully saturated rings. The molecular weight excluding hydrogens is 899 g/mol. The first-order valence-electron chi connectivity index (χ1n) is 25.2. The van der Waals surface area contributed by atoms with Crippen molar-refractivity contribution in [2.24, 2.45) is 0 Å². The van der Waals surface area contributed by atoms with Crippen LogP contribution in [0.3, 0.4) is 0 Å². The van der Waals surface area contributed by atoms with Gasteiger partial charge in [0.1, 0.15) is 9.66 Å². The highest BCUT2D eigenvalue weighted by Crippen LogP contribution is 2.51. The highest BCUT2D eigenvalue weighted by Gasteiger charge is 2.26. The van der Waals surface area contributed by atoms with Crippen LogP contribution < -0.4 is 9.80 Å². The molecule has 0 unspecified atom stereocenters. The van der Waals surface area contributed by atoms with Crippen molar-refractivity contribution in [1.29, 1.82) is 0 Å².